The number of halogens is 1. The average molecular weight is 311 g/mol. The Morgan fingerprint density at radius 1 is 1.44 bits per heavy atom. The fourth-order valence-corrected chi connectivity index (χ4v) is 1.72. The Balaban J connectivity index is 2.29. The highest BCUT2D eigenvalue weighted by Gasteiger charge is 2.16. The van der Waals surface area contributed by atoms with Crippen LogP contribution < -0.4 is 0 Å². The molecule has 0 bridgehead atoms. The number of benzene rings is 1. The van der Waals surface area contributed by atoms with Gasteiger partial charge in [-0.15, -0.1) is 10.2 Å². The smallest absolute Gasteiger partial charge is 0.396 e. The third-order valence-corrected chi connectivity index (χ3v) is 3.15. The van der Waals surface area contributed by atoms with Gasteiger partial charge in [-0.3, -0.25) is 0 Å². The number of nitrogens with zero attached hydrogens (tertiary/aromatic N) is 2. The van der Waals surface area contributed by atoms with E-state index in [4.69, 9.17) is 9.15 Å². The number of carbonyl (C=O) groups is 1. The first-order valence-electron chi connectivity index (χ1n) is 5.39. The van der Waals surface area contributed by atoms with Gasteiger partial charge in [-0.25, -0.2) is 4.79 Å². The standard InChI is InChI=1S/C12H11BrN2O3/c1-3-17-12(16)11-15-14-10(18-11)8-5-4-7(2)9(13)6-8/h4-6H,3H2,1-2H3. The first-order valence-corrected chi connectivity index (χ1v) is 6.18. The summed E-state index contributed by atoms with van der Waals surface area (Å²) in [4.78, 5) is 11.4. The lowest BCUT2D eigenvalue weighted by Crippen LogP contribution is -2.04. The van der Waals surface area contributed by atoms with Gasteiger partial charge in [0.15, 0.2) is 0 Å². The van der Waals surface area contributed by atoms with Crippen LogP contribution in [0.2, 0.25) is 0 Å². The van der Waals surface area contributed by atoms with E-state index in [2.05, 4.69) is 26.1 Å². The summed E-state index contributed by atoms with van der Waals surface area (Å²) in [6.45, 7) is 3.96. The summed E-state index contributed by atoms with van der Waals surface area (Å²) in [7, 11) is 0. The Morgan fingerprint density at radius 2 is 2.22 bits per heavy atom. The Bertz CT molecular complexity index is 580. The van der Waals surface area contributed by atoms with Gasteiger partial charge < -0.3 is 9.15 Å². The predicted octanol–water partition coefficient (Wildman–Crippen LogP) is 2.98. The molecule has 0 saturated carbocycles. The van der Waals surface area contributed by atoms with Gasteiger partial charge >= 0.3 is 11.9 Å². The highest BCUT2D eigenvalue weighted by Crippen LogP contribution is 2.24. The second kappa shape index (κ2) is 5.30. The molecule has 18 heavy (non-hydrogen) atoms. The van der Waals surface area contributed by atoms with Crippen molar-refractivity contribution in [3.8, 4) is 11.5 Å². The molecule has 94 valence electrons. The topological polar surface area (TPSA) is 65.2 Å². The van der Waals surface area contributed by atoms with Crippen LogP contribution in [0.4, 0.5) is 0 Å². The summed E-state index contributed by atoms with van der Waals surface area (Å²) >= 11 is 3.42. The van der Waals surface area contributed by atoms with E-state index in [1.165, 1.54) is 0 Å². The van der Waals surface area contributed by atoms with Crippen molar-refractivity contribution in [3.63, 3.8) is 0 Å². The van der Waals surface area contributed by atoms with Gasteiger partial charge in [0.1, 0.15) is 0 Å². The summed E-state index contributed by atoms with van der Waals surface area (Å²) in [5, 5.41) is 7.48. The van der Waals surface area contributed by atoms with E-state index < -0.39 is 5.97 Å². The highest BCUT2D eigenvalue weighted by molar-refractivity contribution is 9.10. The fourth-order valence-electron chi connectivity index (χ4n) is 1.34. The second-order valence-corrected chi connectivity index (χ2v) is 4.45. The van der Waals surface area contributed by atoms with Crippen LogP contribution in [0.25, 0.3) is 11.5 Å². The number of aryl methyl sites for hydroxylation is 1. The lowest BCUT2D eigenvalue weighted by atomic mass is 10.1. The van der Waals surface area contributed by atoms with Gasteiger partial charge in [0.2, 0.25) is 5.89 Å². The zero-order valence-electron chi connectivity index (χ0n) is 9.94. The zero-order valence-corrected chi connectivity index (χ0v) is 11.5. The molecule has 2 rings (SSSR count). The molecule has 0 atom stereocenters. The van der Waals surface area contributed by atoms with Crippen LogP contribution in [0.3, 0.4) is 0 Å². The van der Waals surface area contributed by atoms with Crippen molar-refractivity contribution in [2.75, 3.05) is 6.61 Å². The summed E-state index contributed by atoms with van der Waals surface area (Å²) in [5.74, 6) is -0.454. The molecule has 1 aromatic carbocycles. The van der Waals surface area contributed by atoms with Gasteiger partial charge in [0, 0.05) is 10.0 Å². The van der Waals surface area contributed by atoms with Crippen molar-refractivity contribution in [1.29, 1.82) is 0 Å². The molecule has 1 heterocycles. The second-order valence-electron chi connectivity index (χ2n) is 3.60. The molecule has 0 aliphatic heterocycles. The molecule has 0 radical (unpaired) electrons. The maximum Gasteiger partial charge on any atom is 0.396 e. The molecule has 2 aromatic rings. The van der Waals surface area contributed by atoms with Crippen LogP contribution >= 0.6 is 15.9 Å². The molecular formula is C12H11BrN2O3. The van der Waals surface area contributed by atoms with Crippen molar-refractivity contribution in [2.24, 2.45) is 0 Å². The third-order valence-electron chi connectivity index (χ3n) is 2.29. The Hall–Kier alpha value is -1.69. The average Bonchev–Trinajstić information content (AvgIpc) is 2.82. The van der Waals surface area contributed by atoms with Crippen LogP contribution in [0.15, 0.2) is 27.1 Å². The van der Waals surface area contributed by atoms with Crippen molar-refractivity contribution >= 4 is 21.9 Å². The number of rotatable bonds is 3. The number of ether oxygens (including phenoxy) is 1. The number of hydrogen-bond acceptors (Lipinski definition) is 5. The maximum atomic E-state index is 11.4. The van der Waals surface area contributed by atoms with Crippen LogP contribution in [-0.4, -0.2) is 22.8 Å². The van der Waals surface area contributed by atoms with Crippen LogP contribution in [-0.2, 0) is 4.74 Å². The zero-order chi connectivity index (χ0) is 13.1. The molecule has 1 aromatic heterocycles. The van der Waals surface area contributed by atoms with E-state index in [9.17, 15) is 4.79 Å². The SMILES string of the molecule is CCOC(=O)c1nnc(-c2ccc(C)c(Br)c2)o1. The fraction of sp³-hybridized carbons (Fsp3) is 0.250. The minimum atomic E-state index is -0.609. The van der Waals surface area contributed by atoms with Crippen molar-refractivity contribution in [3.05, 3.63) is 34.1 Å². The monoisotopic (exact) mass is 310 g/mol. The molecule has 0 N–H and O–H groups in total. The normalized spacial score (nSPS) is 10.4. The summed E-state index contributed by atoms with van der Waals surface area (Å²) in [5.41, 5.74) is 1.85. The molecule has 5 nitrogen and oxygen atoms in total. The number of carbonyl (C=O) groups excluding carboxylic acids is 1. The molecule has 0 spiro atoms. The van der Waals surface area contributed by atoms with E-state index in [1.54, 1.807) is 6.92 Å². The first kappa shape index (κ1) is 12.8. The van der Waals surface area contributed by atoms with Gasteiger partial charge in [-0.05, 0) is 31.5 Å². The van der Waals surface area contributed by atoms with Crippen LogP contribution in [0.1, 0.15) is 23.2 Å². The third kappa shape index (κ3) is 2.59. The molecular weight excluding hydrogens is 300 g/mol. The maximum absolute atomic E-state index is 11.4. The van der Waals surface area contributed by atoms with E-state index in [0.717, 1.165) is 15.6 Å². The Morgan fingerprint density at radius 3 is 2.89 bits per heavy atom. The molecule has 0 aliphatic rings. The lowest BCUT2D eigenvalue weighted by molar-refractivity contribution is 0.0481. The van der Waals surface area contributed by atoms with Gasteiger partial charge in [-0.1, -0.05) is 22.0 Å². The summed E-state index contributed by atoms with van der Waals surface area (Å²) in [6.07, 6.45) is 0. The molecule has 0 saturated heterocycles. The largest absolute Gasteiger partial charge is 0.459 e. The number of hydrogen-bond donors (Lipinski definition) is 0. The number of aromatic nitrogens is 2. The van der Waals surface area contributed by atoms with E-state index in [1.807, 2.05) is 25.1 Å². The molecule has 0 aliphatic carbocycles. The minimum Gasteiger partial charge on any atom is -0.459 e. The quantitative estimate of drug-likeness (QED) is 0.815. The van der Waals surface area contributed by atoms with Gasteiger partial charge in [0.05, 0.1) is 6.61 Å². The van der Waals surface area contributed by atoms with E-state index >= 15 is 0 Å². The lowest BCUT2D eigenvalue weighted by Gasteiger charge is -1.99. The summed E-state index contributed by atoms with van der Waals surface area (Å²) in [6, 6.07) is 5.63. The van der Waals surface area contributed by atoms with Crippen molar-refractivity contribution in [1.82, 2.24) is 10.2 Å². The van der Waals surface area contributed by atoms with E-state index in [-0.39, 0.29) is 12.5 Å². The Kier molecular flexibility index (Phi) is 3.76. The minimum absolute atomic E-state index is 0.136. The van der Waals surface area contributed by atoms with Crippen molar-refractivity contribution < 1.29 is 13.9 Å². The summed E-state index contributed by atoms with van der Waals surface area (Å²) < 4.78 is 11.0. The molecule has 0 amide bonds. The molecule has 0 fully saturated rings. The molecule has 6 heteroatoms. The highest BCUT2D eigenvalue weighted by atomic mass is 79.9. The van der Waals surface area contributed by atoms with Gasteiger partial charge in [-0.2, -0.15) is 0 Å². The van der Waals surface area contributed by atoms with E-state index in [0.29, 0.717) is 5.89 Å². The number of esters is 1. The van der Waals surface area contributed by atoms with Crippen molar-refractivity contribution in [2.45, 2.75) is 13.8 Å². The Labute approximate surface area is 112 Å². The molecule has 0 unspecified atom stereocenters. The predicted molar refractivity (Wildman–Crippen MR) is 68.1 cm³/mol. The first-order chi connectivity index (χ1) is 8.61. The van der Waals surface area contributed by atoms with Crippen LogP contribution in [0, 0.1) is 6.92 Å². The van der Waals surface area contributed by atoms with Gasteiger partial charge in [0.25, 0.3) is 0 Å². The van der Waals surface area contributed by atoms with Crippen LogP contribution in [0.5, 0.6) is 0 Å².